The number of aryl methyl sites for hydroxylation is 1. The van der Waals surface area contributed by atoms with Crippen LogP contribution in [0.15, 0.2) is 57.9 Å². The fraction of sp³-hybridized carbons (Fsp3) is 0.167. The van der Waals surface area contributed by atoms with Gasteiger partial charge in [-0.1, -0.05) is 12.1 Å². The smallest absolute Gasteiger partial charge is 0.236 e. The Bertz CT molecular complexity index is 988. The molecule has 3 aromatic rings. The van der Waals surface area contributed by atoms with Crippen molar-refractivity contribution in [3.05, 3.63) is 60.0 Å². The van der Waals surface area contributed by atoms with Gasteiger partial charge in [-0.2, -0.15) is 0 Å². The molecule has 124 valence electrons. The van der Waals surface area contributed by atoms with E-state index in [2.05, 4.69) is 0 Å². The van der Waals surface area contributed by atoms with Crippen LogP contribution in [0.4, 0.5) is 4.39 Å². The minimum atomic E-state index is -3.25. The van der Waals surface area contributed by atoms with Gasteiger partial charge in [0.2, 0.25) is 11.5 Å². The molecule has 0 saturated carbocycles. The fourth-order valence-corrected chi connectivity index (χ4v) is 3.21. The molecule has 0 N–H and O–H groups in total. The van der Waals surface area contributed by atoms with Crippen molar-refractivity contribution < 1.29 is 22.1 Å². The zero-order valence-corrected chi connectivity index (χ0v) is 14.4. The standard InChI is InChI=1S/C18H17FNO3S/c1-12-17(13-4-8-15(19)9-5-13)18(23-20(12)2)14-6-10-16(11-7-14)24(3,21)22/h4-11H,1-3H3/q+1. The molecule has 0 amide bonds. The van der Waals surface area contributed by atoms with Crippen molar-refractivity contribution in [2.24, 2.45) is 7.05 Å². The average Bonchev–Trinajstić information content (AvgIpc) is 2.83. The summed E-state index contributed by atoms with van der Waals surface area (Å²) in [6.45, 7) is 1.91. The van der Waals surface area contributed by atoms with Crippen LogP contribution in [0.2, 0.25) is 0 Å². The second-order valence-corrected chi connectivity index (χ2v) is 7.70. The molecule has 0 unspecified atom stereocenters. The average molecular weight is 346 g/mol. The Morgan fingerprint density at radius 3 is 2.04 bits per heavy atom. The third kappa shape index (κ3) is 2.97. The van der Waals surface area contributed by atoms with Gasteiger partial charge in [-0.3, -0.25) is 0 Å². The molecule has 4 nitrogen and oxygen atoms in total. The quantitative estimate of drug-likeness (QED) is 0.684. The van der Waals surface area contributed by atoms with Crippen LogP contribution < -0.4 is 4.74 Å². The molecule has 0 aliphatic heterocycles. The van der Waals surface area contributed by atoms with Gasteiger partial charge in [-0.25, -0.2) is 17.3 Å². The van der Waals surface area contributed by atoms with Crippen LogP contribution in [0.5, 0.6) is 0 Å². The largest absolute Gasteiger partial charge is 0.236 e. The van der Waals surface area contributed by atoms with Gasteiger partial charge in [0.15, 0.2) is 16.9 Å². The van der Waals surface area contributed by atoms with Gasteiger partial charge in [0.1, 0.15) is 11.4 Å². The van der Waals surface area contributed by atoms with E-state index in [-0.39, 0.29) is 10.7 Å². The van der Waals surface area contributed by atoms with Crippen molar-refractivity contribution in [3.63, 3.8) is 0 Å². The molecular weight excluding hydrogens is 329 g/mol. The van der Waals surface area contributed by atoms with Crippen molar-refractivity contribution >= 4 is 9.84 Å². The third-order valence-corrected chi connectivity index (χ3v) is 5.10. The highest BCUT2D eigenvalue weighted by atomic mass is 32.2. The highest BCUT2D eigenvalue weighted by Crippen LogP contribution is 2.34. The van der Waals surface area contributed by atoms with E-state index in [9.17, 15) is 12.8 Å². The SMILES string of the molecule is Cc1c(-c2ccc(F)cc2)c(-c2ccc(S(C)(=O)=O)cc2)o[n+]1C. The van der Waals surface area contributed by atoms with E-state index in [0.717, 1.165) is 22.4 Å². The molecule has 0 bridgehead atoms. The second-order valence-electron chi connectivity index (χ2n) is 5.68. The van der Waals surface area contributed by atoms with E-state index in [0.29, 0.717) is 5.76 Å². The van der Waals surface area contributed by atoms with E-state index in [1.54, 1.807) is 48.2 Å². The first-order valence-electron chi connectivity index (χ1n) is 7.33. The molecule has 1 aromatic heterocycles. The topological polar surface area (TPSA) is 51.2 Å². The van der Waals surface area contributed by atoms with Gasteiger partial charge < -0.3 is 0 Å². The Hall–Kier alpha value is -2.47. The number of sulfone groups is 1. The maximum absolute atomic E-state index is 13.2. The van der Waals surface area contributed by atoms with Crippen LogP contribution in [0.1, 0.15) is 5.69 Å². The van der Waals surface area contributed by atoms with Crippen LogP contribution in [0.3, 0.4) is 0 Å². The summed E-state index contributed by atoms with van der Waals surface area (Å²) in [4.78, 5) is 0.252. The van der Waals surface area contributed by atoms with E-state index in [4.69, 9.17) is 4.52 Å². The molecule has 0 aliphatic rings. The number of aromatic nitrogens is 1. The van der Waals surface area contributed by atoms with Gasteiger partial charge >= 0.3 is 0 Å². The Labute approximate surface area is 140 Å². The zero-order valence-electron chi connectivity index (χ0n) is 13.6. The van der Waals surface area contributed by atoms with E-state index in [1.165, 1.54) is 18.4 Å². The Morgan fingerprint density at radius 2 is 1.50 bits per heavy atom. The molecule has 0 aliphatic carbocycles. The van der Waals surface area contributed by atoms with Crippen molar-refractivity contribution in [2.75, 3.05) is 6.26 Å². The minimum absolute atomic E-state index is 0.252. The van der Waals surface area contributed by atoms with Gasteiger partial charge in [0.05, 0.1) is 4.90 Å². The molecule has 0 radical (unpaired) electrons. The lowest BCUT2D eigenvalue weighted by atomic mass is 10.00. The van der Waals surface area contributed by atoms with Crippen LogP contribution in [0.25, 0.3) is 22.5 Å². The predicted molar refractivity (Wildman–Crippen MR) is 88.6 cm³/mol. The van der Waals surface area contributed by atoms with Crippen molar-refractivity contribution in [1.29, 1.82) is 0 Å². The first-order valence-corrected chi connectivity index (χ1v) is 9.23. The summed E-state index contributed by atoms with van der Waals surface area (Å²) in [6.07, 6.45) is 1.17. The van der Waals surface area contributed by atoms with E-state index in [1.807, 2.05) is 6.92 Å². The number of nitrogens with zero attached hydrogens (tertiary/aromatic N) is 1. The number of benzene rings is 2. The normalized spacial score (nSPS) is 11.7. The zero-order chi connectivity index (χ0) is 17.5. The minimum Gasteiger partial charge on any atom is -0.236 e. The summed E-state index contributed by atoms with van der Waals surface area (Å²) in [5, 5.41) is 0. The predicted octanol–water partition coefficient (Wildman–Crippen LogP) is 3.29. The highest BCUT2D eigenvalue weighted by molar-refractivity contribution is 7.90. The number of hydrogen-bond donors (Lipinski definition) is 0. The summed E-state index contributed by atoms with van der Waals surface area (Å²) >= 11 is 0. The Morgan fingerprint density at radius 1 is 0.958 bits per heavy atom. The highest BCUT2D eigenvalue weighted by Gasteiger charge is 2.25. The summed E-state index contributed by atoms with van der Waals surface area (Å²) in [5.41, 5.74) is 3.33. The maximum Gasteiger partial charge on any atom is 0.236 e. The molecule has 6 heteroatoms. The summed E-state index contributed by atoms with van der Waals surface area (Å²) in [7, 11) is -1.46. The molecule has 0 atom stereocenters. The molecule has 3 rings (SSSR count). The van der Waals surface area contributed by atoms with E-state index < -0.39 is 9.84 Å². The van der Waals surface area contributed by atoms with Crippen LogP contribution in [-0.2, 0) is 16.9 Å². The van der Waals surface area contributed by atoms with Crippen molar-refractivity contribution in [2.45, 2.75) is 11.8 Å². The third-order valence-electron chi connectivity index (χ3n) is 3.97. The van der Waals surface area contributed by atoms with Gasteiger partial charge in [-0.05, 0) is 46.7 Å². The second kappa shape index (κ2) is 5.87. The lowest BCUT2D eigenvalue weighted by Crippen LogP contribution is -2.27. The number of rotatable bonds is 3. The van der Waals surface area contributed by atoms with Crippen molar-refractivity contribution in [1.82, 2.24) is 0 Å². The van der Waals surface area contributed by atoms with Gasteiger partial charge in [0.25, 0.3) is 0 Å². The maximum atomic E-state index is 13.2. The molecule has 0 saturated heterocycles. The fourth-order valence-electron chi connectivity index (χ4n) is 2.58. The van der Waals surface area contributed by atoms with Gasteiger partial charge in [-0.15, -0.1) is 0 Å². The van der Waals surface area contributed by atoms with Gasteiger partial charge in [0, 0.05) is 18.7 Å². The summed E-state index contributed by atoms with van der Waals surface area (Å²) < 4.78 is 43.8. The molecule has 24 heavy (non-hydrogen) atoms. The van der Waals surface area contributed by atoms with Crippen LogP contribution in [0, 0.1) is 12.7 Å². The van der Waals surface area contributed by atoms with Crippen LogP contribution in [-0.4, -0.2) is 14.7 Å². The summed E-state index contributed by atoms with van der Waals surface area (Å²) in [6, 6.07) is 12.7. The number of hydrogen-bond acceptors (Lipinski definition) is 3. The summed E-state index contributed by atoms with van der Waals surface area (Å²) in [5.74, 6) is 0.310. The monoisotopic (exact) mass is 346 g/mol. The molecule has 2 aromatic carbocycles. The molecule has 0 spiro atoms. The number of halogens is 1. The first kappa shape index (κ1) is 16.4. The molecule has 0 fully saturated rings. The lowest BCUT2D eigenvalue weighted by molar-refractivity contribution is -0.847. The first-order chi connectivity index (χ1) is 11.3. The van der Waals surface area contributed by atoms with Crippen molar-refractivity contribution in [3.8, 4) is 22.5 Å². The van der Waals surface area contributed by atoms with Crippen LogP contribution >= 0.6 is 0 Å². The Kier molecular flexibility index (Phi) is 4.01. The lowest BCUT2D eigenvalue weighted by Gasteiger charge is -2.02. The Balaban J connectivity index is 2.15. The van der Waals surface area contributed by atoms with E-state index >= 15 is 0 Å². The molecular formula is C18H17FNO3S+. The molecule has 1 heterocycles.